The maximum absolute atomic E-state index is 13.7. The van der Waals surface area contributed by atoms with Gasteiger partial charge in [-0.1, -0.05) is 12.1 Å². The van der Waals surface area contributed by atoms with Gasteiger partial charge in [-0.2, -0.15) is 0 Å². The van der Waals surface area contributed by atoms with Crippen molar-refractivity contribution >= 4 is 11.3 Å². The van der Waals surface area contributed by atoms with E-state index in [0.29, 0.717) is 5.56 Å². The molecule has 2 N–H and O–H groups in total. The molecule has 4 heteroatoms. The number of benzene rings is 1. The van der Waals surface area contributed by atoms with Crippen LogP contribution in [0, 0.1) is 5.82 Å². The second kappa shape index (κ2) is 6.17. The van der Waals surface area contributed by atoms with E-state index in [4.69, 9.17) is 0 Å². The Balaban J connectivity index is 1.98. The van der Waals surface area contributed by atoms with Crippen molar-refractivity contribution in [2.45, 2.75) is 32.4 Å². The molecule has 0 saturated carbocycles. The molecule has 0 aliphatic carbocycles. The highest BCUT2D eigenvalue weighted by atomic mass is 32.1. The van der Waals surface area contributed by atoms with E-state index in [2.05, 4.69) is 23.7 Å². The predicted molar refractivity (Wildman–Crippen MR) is 77.1 cm³/mol. The number of rotatable bonds is 5. The van der Waals surface area contributed by atoms with Crippen LogP contribution >= 0.6 is 11.3 Å². The SMILES string of the molecule is CC(Cc1cccs1)NC(C)c1ccc(O)cc1F. The summed E-state index contributed by atoms with van der Waals surface area (Å²) in [6.07, 6.45) is 0.932. The van der Waals surface area contributed by atoms with Gasteiger partial charge in [-0.25, -0.2) is 4.39 Å². The molecule has 0 fully saturated rings. The number of hydrogen-bond acceptors (Lipinski definition) is 3. The molecule has 0 aliphatic rings. The van der Waals surface area contributed by atoms with Crippen molar-refractivity contribution in [3.63, 3.8) is 0 Å². The van der Waals surface area contributed by atoms with E-state index in [1.54, 1.807) is 17.4 Å². The largest absolute Gasteiger partial charge is 0.508 e. The highest BCUT2D eigenvalue weighted by molar-refractivity contribution is 7.09. The van der Waals surface area contributed by atoms with Crippen LogP contribution < -0.4 is 5.32 Å². The maximum Gasteiger partial charge on any atom is 0.131 e. The van der Waals surface area contributed by atoms with Gasteiger partial charge in [0.25, 0.3) is 0 Å². The van der Waals surface area contributed by atoms with Gasteiger partial charge in [-0.3, -0.25) is 0 Å². The van der Waals surface area contributed by atoms with Gasteiger partial charge in [0.2, 0.25) is 0 Å². The number of phenols is 1. The highest BCUT2D eigenvalue weighted by Crippen LogP contribution is 2.22. The Hall–Kier alpha value is -1.39. The van der Waals surface area contributed by atoms with Crippen LogP contribution in [-0.2, 0) is 6.42 Å². The topological polar surface area (TPSA) is 32.3 Å². The second-order valence-corrected chi connectivity index (χ2v) is 5.81. The summed E-state index contributed by atoms with van der Waals surface area (Å²) < 4.78 is 13.7. The zero-order valence-electron chi connectivity index (χ0n) is 11.1. The van der Waals surface area contributed by atoms with Crippen LogP contribution in [0.25, 0.3) is 0 Å². The normalized spacial score (nSPS) is 14.3. The molecule has 0 spiro atoms. The second-order valence-electron chi connectivity index (χ2n) is 4.78. The summed E-state index contributed by atoms with van der Waals surface area (Å²) in [5.74, 6) is -0.414. The van der Waals surface area contributed by atoms with E-state index in [0.717, 1.165) is 12.5 Å². The first-order valence-electron chi connectivity index (χ1n) is 6.33. The first kappa shape index (κ1) is 14.0. The molecule has 102 valence electrons. The van der Waals surface area contributed by atoms with Crippen molar-refractivity contribution in [3.05, 3.63) is 52.0 Å². The van der Waals surface area contributed by atoms with E-state index in [1.165, 1.54) is 10.9 Å². The fourth-order valence-corrected chi connectivity index (χ4v) is 3.01. The van der Waals surface area contributed by atoms with Crippen LogP contribution in [0.4, 0.5) is 4.39 Å². The van der Waals surface area contributed by atoms with Crippen molar-refractivity contribution in [1.82, 2.24) is 5.32 Å². The van der Waals surface area contributed by atoms with E-state index in [-0.39, 0.29) is 23.7 Å². The van der Waals surface area contributed by atoms with Gasteiger partial charge in [0.1, 0.15) is 11.6 Å². The third kappa shape index (κ3) is 3.78. The van der Waals surface area contributed by atoms with Gasteiger partial charge in [-0.05, 0) is 37.8 Å². The van der Waals surface area contributed by atoms with Gasteiger partial charge >= 0.3 is 0 Å². The first-order valence-corrected chi connectivity index (χ1v) is 7.21. The number of hydrogen-bond donors (Lipinski definition) is 2. The van der Waals surface area contributed by atoms with Crippen molar-refractivity contribution in [2.24, 2.45) is 0 Å². The fourth-order valence-electron chi connectivity index (χ4n) is 2.17. The monoisotopic (exact) mass is 279 g/mol. The summed E-state index contributed by atoms with van der Waals surface area (Å²) in [6, 6.07) is 8.61. The molecule has 1 aromatic heterocycles. The van der Waals surface area contributed by atoms with Crippen LogP contribution in [0.5, 0.6) is 5.75 Å². The molecule has 2 unspecified atom stereocenters. The van der Waals surface area contributed by atoms with Crippen LogP contribution in [0.15, 0.2) is 35.7 Å². The Labute approximate surface area is 116 Å². The molecule has 0 aliphatic heterocycles. The number of thiophene rings is 1. The molecule has 2 nitrogen and oxygen atoms in total. The molecule has 0 amide bonds. The molecular formula is C15H18FNOS. The molecule has 1 aromatic carbocycles. The van der Waals surface area contributed by atoms with Gasteiger partial charge in [-0.15, -0.1) is 11.3 Å². The van der Waals surface area contributed by atoms with E-state index in [1.807, 2.05) is 13.0 Å². The predicted octanol–water partition coefficient (Wildman–Crippen LogP) is 3.87. The van der Waals surface area contributed by atoms with Crippen molar-refractivity contribution < 1.29 is 9.50 Å². The molecule has 1 heterocycles. The lowest BCUT2D eigenvalue weighted by atomic mass is 10.1. The van der Waals surface area contributed by atoms with Crippen molar-refractivity contribution in [2.75, 3.05) is 0 Å². The third-order valence-electron chi connectivity index (χ3n) is 3.07. The zero-order valence-corrected chi connectivity index (χ0v) is 11.9. The lowest BCUT2D eigenvalue weighted by Crippen LogP contribution is -2.30. The summed E-state index contributed by atoms with van der Waals surface area (Å²) >= 11 is 1.73. The maximum atomic E-state index is 13.7. The quantitative estimate of drug-likeness (QED) is 0.870. The Morgan fingerprint density at radius 3 is 2.74 bits per heavy atom. The summed E-state index contributed by atoms with van der Waals surface area (Å²) in [5.41, 5.74) is 0.579. The van der Waals surface area contributed by atoms with E-state index in [9.17, 15) is 9.50 Å². The number of aromatic hydroxyl groups is 1. The van der Waals surface area contributed by atoms with Gasteiger partial charge < -0.3 is 10.4 Å². The lowest BCUT2D eigenvalue weighted by molar-refractivity contribution is 0.449. The zero-order chi connectivity index (χ0) is 13.8. The molecule has 19 heavy (non-hydrogen) atoms. The molecular weight excluding hydrogens is 261 g/mol. The van der Waals surface area contributed by atoms with Crippen molar-refractivity contribution in [3.8, 4) is 5.75 Å². The smallest absolute Gasteiger partial charge is 0.131 e. The van der Waals surface area contributed by atoms with E-state index < -0.39 is 0 Å². The average molecular weight is 279 g/mol. The number of phenolic OH excluding ortho intramolecular Hbond substituents is 1. The minimum absolute atomic E-state index is 0.0416. The van der Waals surface area contributed by atoms with Crippen LogP contribution in [0.3, 0.4) is 0 Å². The fraction of sp³-hybridized carbons (Fsp3) is 0.333. The minimum atomic E-state index is -0.372. The summed E-state index contributed by atoms with van der Waals surface area (Å²) in [7, 11) is 0. The highest BCUT2D eigenvalue weighted by Gasteiger charge is 2.14. The number of halogens is 1. The van der Waals surface area contributed by atoms with E-state index >= 15 is 0 Å². The Bertz CT molecular complexity index is 527. The van der Waals surface area contributed by atoms with Gasteiger partial charge in [0, 0.05) is 28.6 Å². The molecule has 2 atom stereocenters. The molecule has 2 aromatic rings. The summed E-state index contributed by atoms with van der Waals surface area (Å²) in [6.45, 7) is 4.02. The Morgan fingerprint density at radius 1 is 1.32 bits per heavy atom. The summed E-state index contributed by atoms with van der Waals surface area (Å²) in [4.78, 5) is 1.32. The molecule has 0 saturated heterocycles. The van der Waals surface area contributed by atoms with Crippen LogP contribution in [0.2, 0.25) is 0 Å². The minimum Gasteiger partial charge on any atom is -0.508 e. The van der Waals surface area contributed by atoms with Gasteiger partial charge in [0.15, 0.2) is 0 Å². The van der Waals surface area contributed by atoms with Crippen LogP contribution in [0.1, 0.15) is 30.3 Å². The number of nitrogens with one attached hydrogen (secondary N) is 1. The first-order chi connectivity index (χ1) is 9.06. The van der Waals surface area contributed by atoms with Gasteiger partial charge in [0.05, 0.1) is 0 Å². The molecule has 0 bridgehead atoms. The Kier molecular flexibility index (Phi) is 4.56. The average Bonchev–Trinajstić information content (AvgIpc) is 2.81. The summed E-state index contributed by atoms with van der Waals surface area (Å²) in [5, 5.41) is 14.7. The third-order valence-corrected chi connectivity index (χ3v) is 3.97. The Morgan fingerprint density at radius 2 is 2.11 bits per heavy atom. The molecule has 0 radical (unpaired) electrons. The standard InChI is InChI=1S/C15H18FNOS/c1-10(8-13-4-3-7-19-13)17-11(2)14-6-5-12(18)9-15(14)16/h3-7,9-11,17-18H,8H2,1-2H3. The van der Waals surface area contributed by atoms with Crippen molar-refractivity contribution in [1.29, 1.82) is 0 Å². The lowest BCUT2D eigenvalue weighted by Gasteiger charge is -2.20. The van der Waals surface area contributed by atoms with Crippen LogP contribution in [-0.4, -0.2) is 11.1 Å². The molecule has 2 rings (SSSR count).